The number of methoxy groups -OCH3 is 1. The standard InChI is InChI=1S/C20H18N4O3S/c1-13-5-3-8-16(9-13)27-11-18(25)21-19-22-20-24(23-19)17(12-28-20)14-6-4-7-15(10-14)26-2/h3-10,12H,11H2,1-2H3,(H,21,23,25). The number of nitrogens with zero attached hydrogens (tertiary/aromatic N) is 3. The first kappa shape index (κ1) is 18.0. The van der Waals surface area contributed by atoms with E-state index >= 15 is 0 Å². The fourth-order valence-corrected chi connectivity index (χ4v) is 3.56. The Morgan fingerprint density at radius 3 is 2.82 bits per heavy atom. The van der Waals surface area contributed by atoms with Gasteiger partial charge in [0.25, 0.3) is 11.9 Å². The van der Waals surface area contributed by atoms with Crippen LogP contribution in [0.5, 0.6) is 11.5 Å². The maximum atomic E-state index is 12.2. The molecule has 0 bridgehead atoms. The fourth-order valence-electron chi connectivity index (χ4n) is 2.73. The van der Waals surface area contributed by atoms with Crippen molar-refractivity contribution in [3.05, 3.63) is 59.5 Å². The largest absolute Gasteiger partial charge is 0.497 e. The SMILES string of the molecule is COc1cccc(-c2csc3nc(NC(=O)COc4cccc(C)c4)nn23)c1. The average molecular weight is 394 g/mol. The fraction of sp³-hybridized carbons (Fsp3) is 0.150. The van der Waals surface area contributed by atoms with Crippen molar-refractivity contribution in [2.24, 2.45) is 0 Å². The molecule has 7 nitrogen and oxygen atoms in total. The lowest BCUT2D eigenvalue weighted by Crippen LogP contribution is -2.21. The number of ether oxygens (including phenoxy) is 2. The minimum Gasteiger partial charge on any atom is -0.497 e. The zero-order valence-electron chi connectivity index (χ0n) is 15.4. The molecule has 0 unspecified atom stereocenters. The molecule has 0 saturated carbocycles. The highest BCUT2D eigenvalue weighted by molar-refractivity contribution is 7.15. The van der Waals surface area contributed by atoms with Crippen molar-refractivity contribution < 1.29 is 14.3 Å². The van der Waals surface area contributed by atoms with E-state index in [0.717, 1.165) is 22.6 Å². The first-order valence-electron chi connectivity index (χ1n) is 8.60. The van der Waals surface area contributed by atoms with Crippen molar-refractivity contribution >= 4 is 28.2 Å². The number of aromatic nitrogens is 3. The van der Waals surface area contributed by atoms with E-state index in [-0.39, 0.29) is 18.5 Å². The predicted octanol–water partition coefficient (Wildman–Crippen LogP) is 3.79. The molecule has 1 N–H and O–H groups in total. The Labute approximate surface area is 165 Å². The number of carbonyl (C=O) groups is 1. The quantitative estimate of drug-likeness (QED) is 0.538. The van der Waals surface area contributed by atoms with Crippen LogP contribution in [0.4, 0.5) is 5.95 Å². The summed E-state index contributed by atoms with van der Waals surface area (Å²) in [5.74, 6) is 1.34. The van der Waals surface area contributed by atoms with Crippen LogP contribution in [0.2, 0.25) is 0 Å². The number of nitrogens with one attached hydrogen (secondary N) is 1. The predicted molar refractivity (Wildman–Crippen MR) is 108 cm³/mol. The summed E-state index contributed by atoms with van der Waals surface area (Å²) in [5, 5.41) is 9.05. The highest BCUT2D eigenvalue weighted by Gasteiger charge is 2.14. The zero-order valence-corrected chi connectivity index (χ0v) is 16.2. The molecule has 1 amide bonds. The topological polar surface area (TPSA) is 77.8 Å². The Hall–Kier alpha value is -3.39. The Morgan fingerprint density at radius 1 is 1.18 bits per heavy atom. The number of benzene rings is 2. The van der Waals surface area contributed by atoms with E-state index in [1.807, 2.05) is 60.8 Å². The molecule has 0 radical (unpaired) electrons. The van der Waals surface area contributed by atoms with Crippen LogP contribution in [0.1, 0.15) is 5.56 Å². The van der Waals surface area contributed by atoms with E-state index in [0.29, 0.717) is 10.7 Å². The van der Waals surface area contributed by atoms with Gasteiger partial charge < -0.3 is 9.47 Å². The highest BCUT2D eigenvalue weighted by atomic mass is 32.1. The summed E-state index contributed by atoms with van der Waals surface area (Å²) in [4.78, 5) is 17.2. The van der Waals surface area contributed by atoms with Crippen LogP contribution < -0.4 is 14.8 Å². The van der Waals surface area contributed by atoms with Crippen LogP contribution in [0, 0.1) is 6.92 Å². The van der Waals surface area contributed by atoms with Crippen molar-refractivity contribution in [2.75, 3.05) is 19.0 Å². The molecule has 0 saturated heterocycles. The summed E-state index contributed by atoms with van der Waals surface area (Å²) < 4.78 is 12.5. The first-order valence-corrected chi connectivity index (χ1v) is 9.48. The summed E-state index contributed by atoms with van der Waals surface area (Å²) in [6.07, 6.45) is 0. The lowest BCUT2D eigenvalue weighted by molar-refractivity contribution is -0.118. The van der Waals surface area contributed by atoms with Gasteiger partial charge in [-0.15, -0.1) is 16.4 Å². The normalized spacial score (nSPS) is 10.8. The number of anilines is 1. The van der Waals surface area contributed by atoms with Gasteiger partial charge in [0, 0.05) is 10.9 Å². The van der Waals surface area contributed by atoms with Gasteiger partial charge in [0.05, 0.1) is 12.8 Å². The number of thiazole rings is 1. The Balaban J connectivity index is 1.47. The third-order valence-electron chi connectivity index (χ3n) is 4.06. The molecule has 0 aliphatic heterocycles. The molecule has 0 aliphatic rings. The molecule has 0 fully saturated rings. The first-order chi connectivity index (χ1) is 13.6. The number of aryl methyl sites for hydroxylation is 1. The summed E-state index contributed by atoms with van der Waals surface area (Å²) >= 11 is 1.45. The molecule has 0 aliphatic carbocycles. The van der Waals surface area contributed by atoms with Crippen LogP contribution in [-0.2, 0) is 4.79 Å². The van der Waals surface area contributed by atoms with Gasteiger partial charge in [0.1, 0.15) is 11.5 Å². The molecule has 142 valence electrons. The van der Waals surface area contributed by atoms with Crippen molar-refractivity contribution in [3.8, 4) is 22.8 Å². The van der Waals surface area contributed by atoms with Gasteiger partial charge in [0.15, 0.2) is 6.61 Å². The third kappa shape index (κ3) is 3.81. The number of hydrogen-bond acceptors (Lipinski definition) is 6. The zero-order chi connectivity index (χ0) is 19.5. The van der Waals surface area contributed by atoms with Gasteiger partial charge in [-0.2, -0.15) is 4.98 Å². The van der Waals surface area contributed by atoms with Crippen LogP contribution in [0.25, 0.3) is 16.2 Å². The number of hydrogen-bond donors (Lipinski definition) is 1. The lowest BCUT2D eigenvalue weighted by atomic mass is 10.2. The molecule has 4 rings (SSSR count). The summed E-state index contributed by atoms with van der Waals surface area (Å²) in [7, 11) is 1.63. The number of amides is 1. The Morgan fingerprint density at radius 2 is 2.00 bits per heavy atom. The van der Waals surface area contributed by atoms with Crippen LogP contribution in [-0.4, -0.2) is 34.2 Å². The molecule has 2 aromatic carbocycles. The number of carbonyl (C=O) groups excluding carboxylic acids is 1. The van der Waals surface area contributed by atoms with E-state index in [1.54, 1.807) is 11.6 Å². The molecule has 0 atom stereocenters. The molecule has 0 spiro atoms. The van der Waals surface area contributed by atoms with Crippen LogP contribution in [0.15, 0.2) is 53.9 Å². The smallest absolute Gasteiger partial charge is 0.264 e. The van der Waals surface area contributed by atoms with Crippen molar-refractivity contribution in [2.45, 2.75) is 6.92 Å². The van der Waals surface area contributed by atoms with Gasteiger partial charge >= 0.3 is 0 Å². The van der Waals surface area contributed by atoms with Gasteiger partial charge in [-0.1, -0.05) is 24.3 Å². The molecule has 2 heterocycles. The van der Waals surface area contributed by atoms with E-state index in [4.69, 9.17) is 9.47 Å². The minimum absolute atomic E-state index is 0.112. The van der Waals surface area contributed by atoms with E-state index < -0.39 is 0 Å². The van der Waals surface area contributed by atoms with E-state index in [2.05, 4.69) is 15.4 Å². The molecule has 8 heteroatoms. The van der Waals surface area contributed by atoms with E-state index in [1.165, 1.54) is 11.3 Å². The second-order valence-electron chi connectivity index (χ2n) is 6.14. The average Bonchev–Trinajstić information content (AvgIpc) is 3.26. The molecular weight excluding hydrogens is 376 g/mol. The van der Waals surface area contributed by atoms with Crippen LogP contribution in [0.3, 0.4) is 0 Å². The van der Waals surface area contributed by atoms with Crippen molar-refractivity contribution in [1.82, 2.24) is 14.6 Å². The maximum absolute atomic E-state index is 12.2. The second-order valence-corrected chi connectivity index (χ2v) is 6.97. The summed E-state index contributed by atoms with van der Waals surface area (Å²) in [5.41, 5.74) is 2.90. The molecule has 4 aromatic rings. The van der Waals surface area contributed by atoms with Gasteiger partial charge in [-0.05, 0) is 36.8 Å². The number of fused-ring (bicyclic) bond motifs is 1. The number of rotatable bonds is 6. The molecular formula is C20H18N4O3S. The third-order valence-corrected chi connectivity index (χ3v) is 4.87. The van der Waals surface area contributed by atoms with Gasteiger partial charge in [-0.25, -0.2) is 4.52 Å². The van der Waals surface area contributed by atoms with Gasteiger partial charge in [-0.3, -0.25) is 10.1 Å². The Kier molecular flexibility index (Phi) is 4.94. The monoisotopic (exact) mass is 394 g/mol. The highest BCUT2D eigenvalue weighted by Crippen LogP contribution is 2.28. The lowest BCUT2D eigenvalue weighted by Gasteiger charge is -2.06. The van der Waals surface area contributed by atoms with Crippen molar-refractivity contribution in [1.29, 1.82) is 0 Å². The summed E-state index contributed by atoms with van der Waals surface area (Å²) in [6.45, 7) is 1.85. The van der Waals surface area contributed by atoms with Crippen LogP contribution >= 0.6 is 11.3 Å². The Bertz CT molecular complexity index is 1140. The van der Waals surface area contributed by atoms with Crippen molar-refractivity contribution in [3.63, 3.8) is 0 Å². The van der Waals surface area contributed by atoms with E-state index in [9.17, 15) is 4.79 Å². The maximum Gasteiger partial charge on any atom is 0.264 e. The minimum atomic E-state index is -0.317. The summed E-state index contributed by atoms with van der Waals surface area (Å²) in [6, 6.07) is 15.2. The molecule has 28 heavy (non-hydrogen) atoms. The second kappa shape index (κ2) is 7.69. The van der Waals surface area contributed by atoms with Gasteiger partial charge in [0.2, 0.25) is 4.96 Å². The molecule has 2 aromatic heterocycles.